The zero-order chi connectivity index (χ0) is 11.7. The van der Waals surface area contributed by atoms with Gasteiger partial charge < -0.3 is 10.1 Å². The molecule has 0 radical (unpaired) electrons. The third-order valence-corrected chi connectivity index (χ3v) is 1.86. The minimum absolute atomic E-state index is 0.228. The van der Waals surface area contributed by atoms with E-state index in [1.165, 1.54) is 14.0 Å². The zero-order valence-corrected chi connectivity index (χ0v) is 9.58. The summed E-state index contributed by atoms with van der Waals surface area (Å²) in [7, 11) is 1.31. The SMILES string of the molecule is CCC/C=C/C[C@@H](NC(C)=O)C(=O)OC. The first kappa shape index (κ1) is 13.7. The van der Waals surface area contributed by atoms with Gasteiger partial charge >= 0.3 is 5.97 Å². The van der Waals surface area contributed by atoms with Crippen molar-refractivity contribution in [3.63, 3.8) is 0 Å². The molecule has 86 valence electrons. The highest BCUT2D eigenvalue weighted by molar-refractivity contribution is 5.83. The van der Waals surface area contributed by atoms with E-state index in [0.29, 0.717) is 6.42 Å². The van der Waals surface area contributed by atoms with Gasteiger partial charge in [-0.2, -0.15) is 0 Å². The van der Waals surface area contributed by atoms with Gasteiger partial charge in [0.05, 0.1) is 7.11 Å². The monoisotopic (exact) mass is 213 g/mol. The summed E-state index contributed by atoms with van der Waals surface area (Å²) < 4.78 is 4.58. The molecule has 15 heavy (non-hydrogen) atoms. The van der Waals surface area contributed by atoms with Crippen LogP contribution in [-0.4, -0.2) is 25.0 Å². The van der Waals surface area contributed by atoms with Crippen molar-refractivity contribution >= 4 is 11.9 Å². The fourth-order valence-electron chi connectivity index (χ4n) is 1.12. The summed E-state index contributed by atoms with van der Waals surface area (Å²) >= 11 is 0. The highest BCUT2D eigenvalue weighted by Gasteiger charge is 2.17. The van der Waals surface area contributed by atoms with Crippen molar-refractivity contribution in [2.75, 3.05) is 7.11 Å². The fourth-order valence-corrected chi connectivity index (χ4v) is 1.12. The van der Waals surface area contributed by atoms with E-state index < -0.39 is 12.0 Å². The number of unbranched alkanes of at least 4 members (excludes halogenated alkanes) is 1. The predicted octanol–water partition coefficient (Wildman–Crippen LogP) is 1.41. The maximum absolute atomic E-state index is 11.2. The fraction of sp³-hybridized carbons (Fsp3) is 0.636. The first-order valence-electron chi connectivity index (χ1n) is 5.11. The maximum Gasteiger partial charge on any atom is 0.328 e. The lowest BCUT2D eigenvalue weighted by molar-refractivity contribution is -0.144. The van der Waals surface area contributed by atoms with Crippen LogP contribution in [0.4, 0.5) is 0 Å². The number of carbonyl (C=O) groups is 2. The Hall–Kier alpha value is -1.32. The Morgan fingerprint density at radius 2 is 2.07 bits per heavy atom. The summed E-state index contributed by atoms with van der Waals surface area (Å²) in [6, 6.07) is -0.569. The van der Waals surface area contributed by atoms with Gasteiger partial charge in [-0.25, -0.2) is 4.79 Å². The van der Waals surface area contributed by atoms with E-state index >= 15 is 0 Å². The van der Waals surface area contributed by atoms with Crippen LogP contribution in [0.5, 0.6) is 0 Å². The molecular formula is C11H19NO3. The lowest BCUT2D eigenvalue weighted by atomic mass is 10.2. The second kappa shape index (κ2) is 8.03. The third kappa shape index (κ3) is 6.71. The van der Waals surface area contributed by atoms with Crippen LogP contribution in [0.2, 0.25) is 0 Å². The van der Waals surface area contributed by atoms with E-state index in [2.05, 4.69) is 17.0 Å². The molecule has 0 saturated carbocycles. The van der Waals surface area contributed by atoms with E-state index in [1.807, 2.05) is 12.2 Å². The molecule has 0 heterocycles. The van der Waals surface area contributed by atoms with Crippen LogP contribution in [0.15, 0.2) is 12.2 Å². The van der Waals surface area contributed by atoms with Crippen molar-refractivity contribution in [3.8, 4) is 0 Å². The lowest BCUT2D eigenvalue weighted by Crippen LogP contribution is -2.39. The summed E-state index contributed by atoms with van der Waals surface area (Å²) in [4.78, 5) is 22.1. The summed E-state index contributed by atoms with van der Waals surface area (Å²) in [6.45, 7) is 3.46. The number of hydrogen-bond acceptors (Lipinski definition) is 3. The standard InChI is InChI=1S/C11H19NO3/c1-4-5-6-7-8-10(11(14)15-3)12-9(2)13/h6-7,10H,4-5,8H2,1-3H3,(H,12,13)/b7-6+/t10-/m1/s1. The first-order valence-corrected chi connectivity index (χ1v) is 5.11. The predicted molar refractivity (Wildman–Crippen MR) is 58.3 cm³/mol. The number of allylic oxidation sites excluding steroid dienone is 1. The summed E-state index contributed by atoms with van der Waals surface area (Å²) in [5.41, 5.74) is 0. The third-order valence-electron chi connectivity index (χ3n) is 1.86. The minimum Gasteiger partial charge on any atom is -0.467 e. The molecule has 0 aromatic carbocycles. The largest absolute Gasteiger partial charge is 0.467 e. The molecule has 0 saturated heterocycles. The van der Waals surface area contributed by atoms with Gasteiger partial charge in [-0.1, -0.05) is 25.5 Å². The minimum atomic E-state index is -0.569. The van der Waals surface area contributed by atoms with Crippen LogP contribution >= 0.6 is 0 Å². The summed E-state index contributed by atoms with van der Waals surface area (Å²) in [6.07, 6.45) is 6.42. The number of amides is 1. The molecule has 1 atom stereocenters. The Kier molecular flexibility index (Phi) is 7.32. The second-order valence-corrected chi connectivity index (χ2v) is 3.27. The van der Waals surface area contributed by atoms with Crippen molar-refractivity contribution in [3.05, 3.63) is 12.2 Å². The number of rotatable bonds is 6. The van der Waals surface area contributed by atoms with Crippen molar-refractivity contribution < 1.29 is 14.3 Å². The molecule has 1 amide bonds. The molecule has 4 nitrogen and oxygen atoms in total. The van der Waals surface area contributed by atoms with Crippen molar-refractivity contribution in [2.45, 2.75) is 39.2 Å². The van der Waals surface area contributed by atoms with Gasteiger partial charge in [-0.15, -0.1) is 0 Å². The highest BCUT2D eigenvalue weighted by atomic mass is 16.5. The van der Waals surface area contributed by atoms with E-state index in [9.17, 15) is 9.59 Å². The lowest BCUT2D eigenvalue weighted by Gasteiger charge is -2.12. The van der Waals surface area contributed by atoms with Crippen LogP contribution in [0.3, 0.4) is 0 Å². The van der Waals surface area contributed by atoms with Crippen molar-refractivity contribution in [1.82, 2.24) is 5.32 Å². The second-order valence-electron chi connectivity index (χ2n) is 3.27. The zero-order valence-electron chi connectivity index (χ0n) is 9.58. The molecule has 0 aliphatic rings. The van der Waals surface area contributed by atoms with Gasteiger partial charge in [-0.05, 0) is 12.8 Å². The number of methoxy groups -OCH3 is 1. The Labute approximate surface area is 90.7 Å². The van der Waals surface area contributed by atoms with Gasteiger partial charge in [0, 0.05) is 6.92 Å². The van der Waals surface area contributed by atoms with Crippen LogP contribution in [0, 0.1) is 0 Å². The molecule has 0 unspecified atom stereocenters. The molecule has 1 N–H and O–H groups in total. The number of carbonyl (C=O) groups excluding carboxylic acids is 2. The molecule has 0 aliphatic carbocycles. The van der Waals surface area contributed by atoms with Crippen LogP contribution in [-0.2, 0) is 14.3 Å². The summed E-state index contributed by atoms with van der Waals surface area (Å²) in [5.74, 6) is -0.638. The highest BCUT2D eigenvalue weighted by Crippen LogP contribution is 1.99. The van der Waals surface area contributed by atoms with Crippen LogP contribution in [0.25, 0.3) is 0 Å². The Balaban J connectivity index is 4.12. The summed E-state index contributed by atoms with van der Waals surface area (Å²) in [5, 5.41) is 2.54. The molecule has 0 aromatic rings. The van der Waals surface area contributed by atoms with E-state index in [4.69, 9.17) is 0 Å². The van der Waals surface area contributed by atoms with Gasteiger partial charge in [0.1, 0.15) is 6.04 Å². The Morgan fingerprint density at radius 3 is 2.53 bits per heavy atom. The average Bonchev–Trinajstić information content (AvgIpc) is 2.21. The smallest absolute Gasteiger partial charge is 0.328 e. The number of hydrogen-bond donors (Lipinski definition) is 1. The molecule has 0 fully saturated rings. The Bertz CT molecular complexity index is 236. The van der Waals surface area contributed by atoms with E-state index in [0.717, 1.165) is 12.8 Å². The maximum atomic E-state index is 11.2. The molecule has 0 aliphatic heterocycles. The van der Waals surface area contributed by atoms with E-state index in [1.54, 1.807) is 0 Å². The Morgan fingerprint density at radius 1 is 1.40 bits per heavy atom. The van der Waals surface area contributed by atoms with Gasteiger partial charge in [0.15, 0.2) is 0 Å². The quantitative estimate of drug-likeness (QED) is 0.536. The van der Waals surface area contributed by atoms with Gasteiger partial charge in [-0.3, -0.25) is 4.79 Å². The van der Waals surface area contributed by atoms with Crippen LogP contribution < -0.4 is 5.32 Å². The van der Waals surface area contributed by atoms with Crippen molar-refractivity contribution in [1.29, 1.82) is 0 Å². The number of ether oxygens (including phenoxy) is 1. The molecule has 4 heteroatoms. The first-order chi connectivity index (χ1) is 7.11. The molecule has 0 spiro atoms. The van der Waals surface area contributed by atoms with Crippen LogP contribution in [0.1, 0.15) is 33.1 Å². The molecule has 0 bridgehead atoms. The van der Waals surface area contributed by atoms with Gasteiger partial charge in [0.2, 0.25) is 5.91 Å². The number of nitrogens with one attached hydrogen (secondary N) is 1. The van der Waals surface area contributed by atoms with E-state index in [-0.39, 0.29) is 5.91 Å². The number of esters is 1. The molecular weight excluding hydrogens is 194 g/mol. The molecule has 0 rings (SSSR count). The topological polar surface area (TPSA) is 55.4 Å². The average molecular weight is 213 g/mol. The van der Waals surface area contributed by atoms with Crippen molar-refractivity contribution in [2.24, 2.45) is 0 Å². The molecule has 0 aromatic heterocycles. The normalized spacial score (nSPS) is 12.5. The van der Waals surface area contributed by atoms with Gasteiger partial charge in [0.25, 0.3) is 0 Å².